The summed E-state index contributed by atoms with van der Waals surface area (Å²) in [5, 5.41) is 7.87. The monoisotopic (exact) mass is 439 g/mol. The Labute approximate surface area is 184 Å². The second-order valence-electron chi connectivity index (χ2n) is 6.77. The summed E-state index contributed by atoms with van der Waals surface area (Å²) in [7, 11) is 5.77. The number of benzene rings is 1. The summed E-state index contributed by atoms with van der Waals surface area (Å²) in [6.45, 7) is 0. The van der Waals surface area contributed by atoms with Gasteiger partial charge in [-0.3, -0.25) is 14.6 Å². The van der Waals surface area contributed by atoms with Gasteiger partial charge >= 0.3 is 0 Å². The number of nitrogens with zero attached hydrogens (tertiary/aromatic N) is 5. The number of hydrogen-bond acceptors (Lipinski definition) is 5. The van der Waals surface area contributed by atoms with E-state index in [1.165, 1.54) is 4.68 Å². The molecule has 0 bridgehead atoms. The summed E-state index contributed by atoms with van der Waals surface area (Å²) < 4.78 is 1.51. The molecule has 1 fully saturated rings. The Hall–Kier alpha value is -1.86. The van der Waals surface area contributed by atoms with Crippen molar-refractivity contribution in [2.24, 2.45) is 4.99 Å². The molecule has 139 valence electrons. The molecule has 8 heteroatoms. The van der Waals surface area contributed by atoms with Gasteiger partial charge in [0.2, 0.25) is 11.9 Å². The van der Waals surface area contributed by atoms with Crippen LogP contribution in [0, 0.1) is 14.5 Å². The number of fused-ring (bicyclic) bond motifs is 5. The van der Waals surface area contributed by atoms with Gasteiger partial charge in [-0.05, 0) is 37.2 Å². The van der Waals surface area contributed by atoms with Crippen molar-refractivity contribution < 1.29 is 37.5 Å². The minimum atomic E-state index is -0.0988. The van der Waals surface area contributed by atoms with E-state index in [0.717, 1.165) is 30.9 Å². The van der Waals surface area contributed by atoms with Gasteiger partial charge in [-0.25, -0.2) is 4.99 Å². The molecule has 1 aliphatic carbocycles. The van der Waals surface area contributed by atoms with Crippen LogP contribution in [0.1, 0.15) is 29.6 Å². The first-order chi connectivity index (χ1) is 12.1. The molecule has 0 spiro atoms. The number of aromatic nitrogens is 2. The second kappa shape index (κ2) is 7.28. The minimum absolute atomic E-state index is 0. The van der Waals surface area contributed by atoms with Crippen LogP contribution in [-0.4, -0.2) is 45.7 Å². The number of carbonyl (C=O) groups excluding carboxylic acids is 1. The Morgan fingerprint density at radius 2 is 1.96 bits per heavy atom. The van der Waals surface area contributed by atoms with Gasteiger partial charge in [0.15, 0.2) is 5.82 Å². The number of carbonyl (C=O) groups is 1. The zero-order valence-electron chi connectivity index (χ0n) is 15.6. The molecule has 2 aromatic rings. The molecule has 1 radical (unpaired) electrons. The number of aliphatic imine (C=N–C) groups is 1. The normalized spacial score (nSPS) is 22.3. The number of guanidine groups is 1. The van der Waals surface area contributed by atoms with Crippen LogP contribution in [0.4, 0.5) is 17.3 Å². The number of nitrogens with one attached hydrogen (secondary N) is 1. The standard InChI is InChI=1S/C18H19N6O.CH3.Y/c1-22-17(25)14-15(19-11-7-4-3-5-8-11)23(2)21-16(14)24-13-10-6-9-12(13)20-18(22)24;;/h3-5,7-8,12-13,19H,2,6,9-10H2,1H3;1H3;/q2*-1;/t12-,13+;;/m1../s1. The van der Waals surface area contributed by atoms with Crippen LogP contribution in [0.2, 0.25) is 0 Å². The Morgan fingerprint density at radius 3 is 2.70 bits per heavy atom. The first-order valence-corrected chi connectivity index (χ1v) is 8.56. The number of hydrogen-bond donors (Lipinski definition) is 1. The van der Waals surface area contributed by atoms with Crippen molar-refractivity contribution in [3.8, 4) is 0 Å². The van der Waals surface area contributed by atoms with E-state index in [9.17, 15) is 4.79 Å². The molecule has 2 atom stereocenters. The Kier molecular flexibility index (Phi) is 5.36. The Morgan fingerprint density at radius 1 is 1.22 bits per heavy atom. The molecule has 0 unspecified atom stereocenters. The average Bonchev–Trinajstić information content (AvgIpc) is 3.27. The molecule has 1 N–H and O–H groups in total. The third-order valence-corrected chi connectivity index (χ3v) is 5.29. The van der Waals surface area contributed by atoms with Gasteiger partial charge in [-0.2, -0.15) is 12.1 Å². The second-order valence-corrected chi connectivity index (χ2v) is 6.77. The molecule has 3 aliphatic rings. The van der Waals surface area contributed by atoms with Gasteiger partial charge in [0.25, 0.3) is 0 Å². The molecule has 1 aromatic carbocycles. The summed E-state index contributed by atoms with van der Waals surface area (Å²) in [4.78, 5) is 21.6. The average molecular weight is 439 g/mol. The third-order valence-electron chi connectivity index (χ3n) is 5.29. The van der Waals surface area contributed by atoms with E-state index in [2.05, 4.69) is 22.4 Å². The van der Waals surface area contributed by atoms with Gasteiger partial charge in [-0.1, -0.05) is 18.2 Å². The summed E-state index contributed by atoms with van der Waals surface area (Å²) in [5.74, 6) is 1.90. The molecule has 7 nitrogen and oxygen atoms in total. The Bertz CT molecular complexity index is 893. The third kappa shape index (κ3) is 2.88. The Balaban J connectivity index is 0.00000105. The fourth-order valence-electron chi connectivity index (χ4n) is 4.09. The van der Waals surface area contributed by atoms with E-state index >= 15 is 0 Å². The van der Waals surface area contributed by atoms with E-state index in [1.54, 1.807) is 11.9 Å². The van der Waals surface area contributed by atoms with Gasteiger partial charge in [-0.15, -0.1) is 0 Å². The predicted octanol–water partition coefficient (Wildman–Crippen LogP) is 2.90. The molecule has 0 saturated heterocycles. The molecule has 1 saturated carbocycles. The summed E-state index contributed by atoms with van der Waals surface area (Å²) in [6.07, 6.45) is 3.31. The largest absolute Gasteiger partial charge is 0.417 e. The fraction of sp³-hybridized carbons (Fsp3) is 0.316. The van der Waals surface area contributed by atoms with Crippen LogP contribution in [-0.2, 0) is 32.7 Å². The molecule has 27 heavy (non-hydrogen) atoms. The van der Waals surface area contributed by atoms with Crippen LogP contribution in [0.15, 0.2) is 35.3 Å². The molecule has 5 rings (SSSR count). The number of anilines is 3. The number of rotatable bonds is 2. The fourth-order valence-corrected chi connectivity index (χ4v) is 4.09. The summed E-state index contributed by atoms with van der Waals surface area (Å²) in [6, 6.07) is 10.3. The topological polar surface area (TPSA) is 65.8 Å². The first kappa shape index (κ1) is 19.9. The van der Waals surface area contributed by atoms with Crippen LogP contribution >= 0.6 is 0 Å². The van der Waals surface area contributed by atoms with Crippen molar-refractivity contribution in [1.82, 2.24) is 14.7 Å². The van der Waals surface area contributed by atoms with E-state index in [4.69, 9.17) is 4.99 Å². The van der Waals surface area contributed by atoms with Crippen LogP contribution in [0.25, 0.3) is 0 Å². The van der Waals surface area contributed by atoms with Crippen molar-refractivity contribution in [3.05, 3.63) is 50.4 Å². The minimum Gasteiger partial charge on any atom is -0.417 e. The van der Waals surface area contributed by atoms with E-state index in [-0.39, 0.29) is 52.1 Å². The van der Waals surface area contributed by atoms with Crippen molar-refractivity contribution in [2.75, 3.05) is 17.3 Å². The van der Waals surface area contributed by atoms with Crippen molar-refractivity contribution in [2.45, 2.75) is 31.3 Å². The van der Waals surface area contributed by atoms with Crippen LogP contribution < -0.4 is 10.2 Å². The number of amides is 1. The SMILES string of the molecule is [CH2-]n1nc2c(c1Nc1ccccc1)C(=O)N(C)C1=N[C@@H]3CCC[C@@H]3N12.[CH3-].[Y]. The maximum Gasteiger partial charge on any atom is 0.249 e. The predicted molar refractivity (Wildman–Crippen MR) is 103 cm³/mol. The molecule has 2 aliphatic heterocycles. The molecule has 1 aromatic heterocycles. The van der Waals surface area contributed by atoms with E-state index in [1.807, 2.05) is 30.3 Å². The van der Waals surface area contributed by atoms with Gasteiger partial charge in [0, 0.05) is 51.0 Å². The molecule has 3 heterocycles. The van der Waals surface area contributed by atoms with Gasteiger partial charge in [0.1, 0.15) is 0 Å². The van der Waals surface area contributed by atoms with Crippen molar-refractivity contribution in [1.29, 1.82) is 0 Å². The van der Waals surface area contributed by atoms with Crippen molar-refractivity contribution >= 4 is 29.2 Å². The maximum absolute atomic E-state index is 13.0. The van der Waals surface area contributed by atoms with Crippen LogP contribution in [0.3, 0.4) is 0 Å². The van der Waals surface area contributed by atoms with Gasteiger partial charge < -0.3 is 17.4 Å². The zero-order chi connectivity index (χ0) is 17.1. The first-order valence-electron chi connectivity index (χ1n) is 8.56. The zero-order valence-corrected chi connectivity index (χ0v) is 18.4. The molecule has 1 amide bonds. The maximum atomic E-state index is 13.0. The number of para-hydroxylation sites is 1. The molecular weight excluding hydrogens is 417 g/mol. The van der Waals surface area contributed by atoms with E-state index < -0.39 is 0 Å². The summed E-state index contributed by atoms with van der Waals surface area (Å²) in [5.41, 5.74) is 1.46. The van der Waals surface area contributed by atoms with Crippen molar-refractivity contribution in [3.63, 3.8) is 0 Å². The smallest absolute Gasteiger partial charge is 0.249 e. The van der Waals surface area contributed by atoms with E-state index in [0.29, 0.717) is 23.2 Å². The quantitative estimate of drug-likeness (QED) is 0.731. The van der Waals surface area contributed by atoms with Gasteiger partial charge in [0.05, 0.1) is 12.1 Å². The molecular formula is C19H22N6OY-2. The van der Waals surface area contributed by atoms with Crippen LogP contribution in [0.5, 0.6) is 0 Å². The summed E-state index contributed by atoms with van der Waals surface area (Å²) >= 11 is 0.